The Labute approximate surface area is 54.9 Å². The van der Waals surface area contributed by atoms with Gasteiger partial charge in [0.25, 0.3) is 0 Å². The lowest BCUT2D eigenvalue weighted by Gasteiger charge is -2.04. The maximum atomic E-state index is 11.1. The summed E-state index contributed by atoms with van der Waals surface area (Å²) in [5.41, 5.74) is 0. The van der Waals surface area contributed by atoms with E-state index in [4.69, 9.17) is 9.05 Å². The summed E-state index contributed by atoms with van der Waals surface area (Å²) in [6.07, 6.45) is 0.573. The van der Waals surface area contributed by atoms with Crippen LogP contribution in [-0.2, 0) is 13.6 Å². The highest BCUT2D eigenvalue weighted by molar-refractivity contribution is 7.54. The van der Waals surface area contributed by atoms with Gasteiger partial charge in [-0.05, 0) is 5.92 Å². The van der Waals surface area contributed by atoms with Crippen LogP contribution >= 0.6 is 7.60 Å². The fourth-order valence-electron chi connectivity index (χ4n) is 0.855. The van der Waals surface area contributed by atoms with Crippen LogP contribution in [0, 0.1) is 5.92 Å². The van der Waals surface area contributed by atoms with Gasteiger partial charge in [-0.25, -0.2) is 0 Å². The molecule has 2 atom stereocenters. The minimum Gasteiger partial charge on any atom is -0.312 e. The quantitative estimate of drug-likeness (QED) is 0.531. The zero-order valence-corrected chi connectivity index (χ0v) is 6.56. The molecule has 0 aromatic heterocycles. The third-order valence-corrected chi connectivity index (χ3v) is 3.54. The van der Waals surface area contributed by atoms with E-state index < -0.39 is 7.60 Å². The molecule has 54 valence electrons. The average molecular weight is 150 g/mol. The van der Waals surface area contributed by atoms with E-state index >= 15 is 0 Å². The van der Waals surface area contributed by atoms with E-state index in [1.165, 1.54) is 7.11 Å². The van der Waals surface area contributed by atoms with Gasteiger partial charge in [-0.3, -0.25) is 4.57 Å². The van der Waals surface area contributed by atoms with Crippen LogP contribution in [0.3, 0.4) is 0 Å². The first-order valence-electron chi connectivity index (χ1n) is 2.95. The molecule has 1 rings (SSSR count). The lowest BCUT2D eigenvalue weighted by molar-refractivity contribution is 0.254. The lowest BCUT2D eigenvalue weighted by Crippen LogP contribution is -1.93. The molecule has 1 aliphatic heterocycles. The van der Waals surface area contributed by atoms with Crippen LogP contribution in [0.15, 0.2) is 0 Å². The third kappa shape index (κ3) is 1.54. The topological polar surface area (TPSA) is 35.5 Å². The molecule has 1 aliphatic rings. The Kier molecular flexibility index (Phi) is 1.94. The Morgan fingerprint density at radius 1 is 1.78 bits per heavy atom. The SMILES string of the molecule is COP1(=O)CC(C)CO1. The van der Waals surface area contributed by atoms with Gasteiger partial charge in [0.2, 0.25) is 0 Å². The molecule has 0 aliphatic carbocycles. The second kappa shape index (κ2) is 2.41. The molecule has 9 heavy (non-hydrogen) atoms. The van der Waals surface area contributed by atoms with E-state index in [0.29, 0.717) is 18.7 Å². The Hall–Kier alpha value is 0.150. The zero-order chi connectivity index (χ0) is 6.91. The van der Waals surface area contributed by atoms with E-state index in [1.54, 1.807) is 0 Å². The molecular weight excluding hydrogens is 139 g/mol. The van der Waals surface area contributed by atoms with Gasteiger partial charge in [-0.2, -0.15) is 0 Å². The Bertz CT molecular complexity index is 145. The smallest absolute Gasteiger partial charge is 0.312 e. The van der Waals surface area contributed by atoms with Crippen molar-refractivity contribution in [3.8, 4) is 0 Å². The predicted octanol–water partition coefficient (Wildman–Crippen LogP) is 1.49. The highest BCUT2D eigenvalue weighted by atomic mass is 31.2. The van der Waals surface area contributed by atoms with Crippen molar-refractivity contribution in [1.82, 2.24) is 0 Å². The molecule has 0 spiro atoms. The number of rotatable bonds is 1. The van der Waals surface area contributed by atoms with Crippen LogP contribution in [0.4, 0.5) is 0 Å². The molecule has 0 aromatic rings. The van der Waals surface area contributed by atoms with Gasteiger partial charge >= 0.3 is 7.60 Å². The maximum absolute atomic E-state index is 11.1. The van der Waals surface area contributed by atoms with E-state index in [1.807, 2.05) is 6.92 Å². The van der Waals surface area contributed by atoms with Gasteiger partial charge < -0.3 is 9.05 Å². The maximum Gasteiger partial charge on any atom is 0.330 e. The van der Waals surface area contributed by atoms with E-state index in [2.05, 4.69) is 0 Å². The van der Waals surface area contributed by atoms with Gasteiger partial charge in [0.1, 0.15) is 0 Å². The first-order chi connectivity index (χ1) is 4.16. The van der Waals surface area contributed by atoms with Gasteiger partial charge in [-0.15, -0.1) is 0 Å². The summed E-state index contributed by atoms with van der Waals surface area (Å²) in [4.78, 5) is 0. The second-order valence-electron chi connectivity index (χ2n) is 2.38. The van der Waals surface area contributed by atoms with Crippen LogP contribution in [0.25, 0.3) is 0 Å². The summed E-state index contributed by atoms with van der Waals surface area (Å²) in [6.45, 7) is 2.57. The van der Waals surface area contributed by atoms with Crippen molar-refractivity contribution in [3.05, 3.63) is 0 Å². The first-order valence-corrected chi connectivity index (χ1v) is 4.68. The zero-order valence-electron chi connectivity index (χ0n) is 5.66. The van der Waals surface area contributed by atoms with Crippen LogP contribution in [0.2, 0.25) is 0 Å². The van der Waals surface area contributed by atoms with Crippen LogP contribution < -0.4 is 0 Å². The molecule has 4 heteroatoms. The molecule has 0 radical (unpaired) electrons. The predicted molar refractivity (Wildman–Crippen MR) is 34.6 cm³/mol. The highest BCUT2D eigenvalue weighted by Gasteiger charge is 2.32. The second-order valence-corrected chi connectivity index (χ2v) is 4.59. The van der Waals surface area contributed by atoms with Crippen molar-refractivity contribution in [2.45, 2.75) is 6.92 Å². The molecule has 0 saturated carbocycles. The van der Waals surface area contributed by atoms with Crippen molar-refractivity contribution in [1.29, 1.82) is 0 Å². The van der Waals surface area contributed by atoms with Crippen molar-refractivity contribution in [2.24, 2.45) is 5.92 Å². The molecule has 0 amide bonds. The summed E-state index contributed by atoms with van der Waals surface area (Å²) >= 11 is 0. The van der Waals surface area contributed by atoms with Crippen molar-refractivity contribution in [2.75, 3.05) is 19.9 Å². The molecule has 1 heterocycles. The summed E-state index contributed by atoms with van der Waals surface area (Å²) in [6, 6.07) is 0. The molecule has 0 N–H and O–H groups in total. The summed E-state index contributed by atoms with van der Waals surface area (Å²) in [5.74, 6) is 0.385. The van der Waals surface area contributed by atoms with Crippen molar-refractivity contribution < 1.29 is 13.6 Å². The number of hydrogen-bond donors (Lipinski definition) is 0. The normalized spacial score (nSPS) is 43.6. The van der Waals surface area contributed by atoms with Crippen molar-refractivity contribution in [3.63, 3.8) is 0 Å². The minimum atomic E-state index is -2.61. The third-order valence-electron chi connectivity index (χ3n) is 1.37. The van der Waals surface area contributed by atoms with Crippen molar-refractivity contribution >= 4 is 7.60 Å². The lowest BCUT2D eigenvalue weighted by atomic mass is 10.2. The average Bonchev–Trinajstić information content (AvgIpc) is 2.13. The summed E-state index contributed by atoms with van der Waals surface area (Å²) in [7, 11) is -1.18. The van der Waals surface area contributed by atoms with E-state index in [9.17, 15) is 4.57 Å². The largest absolute Gasteiger partial charge is 0.330 e. The fourth-order valence-corrected chi connectivity index (χ4v) is 2.57. The van der Waals surface area contributed by atoms with Crippen LogP contribution in [0.5, 0.6) is 0 Å². The highest BCUT2D eigenvalue weighted by Crippen LogP contribution is 2.53. The van der Waals surface area contributed by atoms with Crippen LogP contribution in [0.1, 0.15) is 6.92 Å². The van der Waals surface area contributed by atoms with Gasteiger partial charge in [0.05, 0.1) is 12.8 Å². The standard InChI is InChI=1S/C5H11O3P/c1-5-3-8-9(6,4-5)7-2/h5H,3-4H2,1-2H3. The van der Waals surface area contributed by atoms with Gasteiger partial charge in [0, 0.05) is 7.11 Å². The molecule has 1 fully saturated rings. The first kappa shape index (κ1) is 7.26. The fraction of sp³-hybridized carbons (Fsp3) is 1.00. The Morgan fingerprint density at radius 2 is 2.44 bits per heavy atom. The molecular formula is C5H11O3P. The van der Waals surface area contributed by atoms with Crippen LogP contribution in [-0.4, -0.2) is 19.9 Å². The molecule has 0 bridgehead atoms. The van der Waals surface area contributed by atoms with E-state index in [-0.39, 0.29) is 0 Å². The molecule has 1 saturated heterocycles. The molecule has 0 aromatic carbocycles. The summed E-state index contributed by atoms with van der Waals surface area (Å²) in [5, 5.41) is 0. The number of hydrogen-bond acceptors (Lipinski definition) is 3. The monoisotopic (exact) mass is 150 g/mol. The van der Waals surface area contributed by atoms with Gasteiger partial charge in [-0.1, -0.05) is 6.92 Å². The van der Waals surface area contributed by atoms with Gasteiger partial charge in [0.15, 0.2) is 0 Å². The Balaban J connectivity index is 2.55. The van der Waals surface area contributed by atoms with E-state index in [0.717, 1.165) is 0 Å². The molecule has 3 nitrogen and oxygen atoms in total. The summed E-state index contributed by atoms with van der Waals surface area (Å²) < 4.78 is 20.8. The minimum absolute atomic E-state index is 0.385. The Morgan fingerprint density at radius 3 is 2.67 bits per heavy atom. The molecule has 2 unspecified atom stereocenters.